The Balaban J connectivity index is 2.64. The van der Waals surface area contributed by atoms with Gasteiger partial charge in [-0.05, 0) is 33.6 Å². The van der Waals surface area contributed by atoms with Crippen LogP contribution < -0.4 is 10.5 Å². The lowest BCUT2D eigenvalue weighted by atomic mass is 10.2. The third kappa shape index (κ3) is 1.90. The molecule has 1 amide bonds. The van der Waals surface area contributed by atoms with E-state index in [9.17, 15) is 13.2 Å². The molecule has 1 heterocycles. The number of halogens is 1. The molecule has 1 aliphatic rings. The molecule has 1 aromatic carbocycles. The van der Waals surface area contributed by atoms with Gasteiger partial charge in [-0.1, -0.05) is 0 Å². The lowest BCUT2D eigenvalue weighted by molar-refractivity contribution is -0.115. The van der Waals surface area contributed by atoms with Gasteiger partial charge in [-0.3, -0.25) is 4.79 Å². The maximum atomic E-state index is 11.2. The fraction of sp³-hybridized carbons (Fsp3) is 0.125. The van der Waals surface area contributed by atoms with Crippen molar-refractivity contribution in [3.8, 4) is 0 Å². The summed E-state index contributed by atoms with van der Waals surface area (Å²) in [7, 11) is -3.76. The molecule has 80 valence electrons. The quantitative estimate of drug-likeness (QED) is 0.793. The van der Waals surface area contributed by atoms with Gasteiger partial charge in [0.1, 0.15) is 0 Å². The van der Waals surface area contributed by atoms with Gasteiger partial charge in [0.15, 0.2) is 0 Å². The molecule has 0 aliphatic carbocycles. The number of nitrogens with one attached hydrogen (secondary N) is 1. The van der Waals surface area contributed by atoms with Crippen LogP contribution >= 0.6 is 15.9 Å². The highest BCUT2D eigenvalue weighted by atomic mass is 79.9. The lowest BCUT2D eigenvalue weighted by Gasteiger charge is -2.05. The summed E-state index contributed by atoms with van der Waals surface area (Å²) >= 11 is 3.10. The maximum absolute atomic E-state index is 11.2. The Kier molecular flexibility index (Phi) is 2.32. The van der Waals surface area contributed by atoms with E-state index >= 15 is 0 Å². The molecule has 0 aromatic heterocycles. The number of rotatable bonds is 1. The first-order chi connectivity index (χ1) is 6.88. The predicted molar refractivity (Wildman–Crippen MR) is 57.8 cm³/mol. The molecule has 0 atom stereocenters. The van der Waals surface area contributed by atoms with Crippen LogP contribution in [0.3, 0.4) is 0 Å². The van der Waals surface area contributed by atoms with Gasteiger partial charge in [0, 0.05) is 10.2 Å². The molecule has 0 bridgehead atoms. The van der Waals surface area contributed by atoms with Crippen molar-refractivity contribution in [3.05, 3.63) is 22.2 Å². The van der Waals surface area contributed by atoms with Crippen molar-refractivity contribution in [2.45, 2.75) is 11.3 Å². The first kappa shape index (κ1) is 10.6. The van der Waals surface area contributed by atoms with E-state index in [0.717, 1.165) is 0 Å². The number of fused-ring (bicyclic) bond motifs is 1. The molecule has 2 rings (SSSR count). The first-order valence-corrected chi connectivity index (χ1v) is 6.37. The fourth-order valence-corrected chi connectivity index (χ4v) is 3.10. The zero-order chi connectivity index (χ0) is 11.2. The number of nitrogens with two attached hydrogens (primary N) is 1. The van der Waals surface area contributed by atoms with E-state index in [1.54, 1.807) is 6.07 Å². The summed E-state index contributed by atoms with van der Waals surface area (Å²) in [6.45, 7) is 0. The van der Waals surface area contributed by atoms with Gasteiger partial charge in [0.2, 0.25) is 15.9 Å². The molecule has 0 saturated carbocycles. The summed E-state index contributed by atoms with van der Waals surface area (Å²) in [5, 5.41) is 7.64. The monoisotopic (exact) mass is 290 g/mol. The van der Waals surface area contributed by atoms with E-state index in [-0.39, 0.29) is 17.2 Å². The molecule has 0 fully saturated rings. The maximum Gasteiger partial charge on any atom is 0.239 e. The minimum absolute atomic E-state index is 0.00208. The average molecular weight is 291 g/mol. The second kappa shape index (κ2) is 3.29. The van der Waals surface area contributed by atoms with E-state index in [1.165, 1.54) is 6.07 Å². The molecule has 5 nitrogen and oxygen atoms in total. The number of hydrogen-bond acceptors (Lipinski definition) is 3. The normalized spacial score (nSPS) is 14.9. The Morgan fingerprint density at radius 1 is 1.40 bits per heavy atom. The summed E-state index contributed by atoms with van der Waals surface area (Å²) in [6.07, 6.45) is 0.186. The van der Waals surface area contributed by atoms with Crippen LogP contribution in [0.4, 0.5) is 5.69 Å². The van der Waals surface area contributed by atoms with Crippen molar-refractivity contribution in [1.82, 2.24) is 0 Å². The largest absolute Gasteiger partial charge is 0.325 e. The zero-order valence-corrected chi connectivity index (χ0v) is 9.85. The number of carbonyl (C=O) groups excluding carboxylic acids is 1. The van der Waals surface area contributed by atoms with Crippen LogP contribution in [0.5, 0.6) is 0 Å². The summed E-state index contributed by atoms with van der Waals surface area (Å²) in [5.41, 5.74) is 1.27. The van der Waals surface area contributed by atoms with Gasteiger partial charge in [-0.25, -0.2) is 13.6 Å². The Hall–Kier alpha value is -0.920. The van der Waals surface area contributed by atoms with Crippen molar-refractivity contribution in [3.63, 3.8) is 0 Å². The average Bonchev–Trinajstić information content (AvgIpc) is 2.40. The molecule has 0 spiro atoms. The molecule has 0 radical (unpaired) electrons. The number of sulfonamides is 1. The third-order valence-corrected chi connectivity index (χ3v) is 3.96. The highest BCUT2D eigenvalue weighted by molar-refractivity contribution is 9.10. The highest BCUT2D eigenvalue weighted by Gasteiger charge is 2.22. The van der Waals surface area contributed by atoms with Crippen LogP contribution in [-0.2, 0) is 21.2 Å². The Labute approximate surface area is 94.8 Å². The second-order valence-corrected chi connectivity index (χ2v) is 5.59. The predicted octanol–water partition coefficient (Wildman–Crippen LogP) is 0.591. The summed E-state index contributed by atoms with van der Waals surface area (Å²) in [5.74, 6) is -0.150. The van der Waals surface area contributed by atoms with E-state index in [4.69, 9.17) is 5.14 Å². The minimum atomic E-state index is -3.76. The number of carbonyl (C=O) groups is 1. The van der Waals surface area contributed by atoms with Gasteiger partial charge in [-0.15, -0.1) is 0 Å². The smallest absolute Gasteiger partial charge is 0.239 e. The molecule has 7 heteroatoms. The number of hydrogen-bond donors (Lipinski definition) is 2. The molecule has 0 saturated heterocycles. The van der Waals surface area contributed by atoms with Gasteiger partial charge in [0.25, 0.3) is 0 Å². The van der Waals surface area contributed by atoms with Crippen LogP contribution in [0.25, 0.3) is 0 Å². The Morgan fingerprint density at radius 3 is 2.67 bits per heavy atom. The van der Waals surface area contributed by atoms with Crippen LogP contribution in [-0.4, -0.2) is 14.3 Å². The Morgan fingerprint density at radius 2 is 2.07 bits per heavy atom. The lowest BCUT2D eigenvalue weighted by Crippen LogP contribution is -2.13. The first-order valence-electron chi connectivity index (χ1n) is 4.03. The van der Waals surface area contributed by atoms with Crippen molar-refractivity contribution in [2.75, 3.05) is 5.32 Å². The highest BCUT2D eigenvalue weighted by Crippen LogP contribution is 2.31. The van der Waals surface area contributed by atoms with Crippen molar-refractivity contribution in [2.24, 2.45) is 5.14 Å². The number of primary sulfonamides is 1. The van der Waals surface area contributed by atoms with Crippen LogP contribution in [0, 0.1) is 0 Å². The standard InChI is InChI=1S/C8H7BrN2O3S/c9-5-3-6-4(2-8(12)11-6)1-7(5)15(10,13)14/h1,3H,2H2,(H,11,12)(H2,10,13,14). The van der Waals surface area contributed by atoms with E-state index in [2.05, 4.69) is 21.2 Å². The molecule has 0 unspecified atom stereocenters. The SMILES string of the molecule is NS(=O)(=O)c1cc2c(cc1Br)NC(=O)C2. The van der Waals surface area contributed by atoms with Gasteiger partial charge >= 0.3 is 0 Å². The van der Waals surface area contributed by atoms with E-state index in [0.29, 0.717) is 15.7 Å². The zero-order valence-electron chi connectivity index (χ0n) is 7.45. The van der Waals surface area contributed by atoms with Gasteiger partial charge in [0.05, 0.1) is 11.3 Å². The second-order valence-electron chi connectivity index (χ2n) is 3.21. The van der Waals surface area contributed by atoms with Gasteiger partial charge < -0.3 is 5.32 Å². The molecule has 1 aliphatic heterocycles. The number of anilines is 1. The summed E-state index contributed by atoms with van der Waals surface area (Å²) in [6, 6.07) is 2.95. The fourth-order valence-electron chi connectivity index (χ4n) is 1.44. The minimum Gasteiger partial charge on any atom is -0.325 e. The molecular formula is C8H7BrN2O3S. The van der Waals surface area contributed by atoms with Crippen LogP contribution in [0.15, 0.2) is 21.5 Å². The summed E-state index contributed by atoms with van der Waals surface area (Å²) < 4.78 is 22.7. The van der Waals surface area contributed by atoms with E-state index in [1.807, 2.05) is 0 Å². The summed E-state index contributed by atoms with van der Waals surface area (Å²) in [4.78, 5) is 11.1. The van der Waals surface area contributed by atoms with Crippen LogP contribution in [0.2, 0.25) is 0 Å². The molecule has 3 N–H and O–H groups in total. The van der Waals surface area contributed by atoms with Crippen molar-refractivity contribution in [1.29, 1.82) is 0 Å². The molecule has 15 heavy (non-hydrogen) atoms. The molecule has 1 aromatic rings. The Bertz CT molecular complexity index is 553. The topological polar surface area (TPSA) is 89.3 Å². The third-order valence-electron chi connectivity index (χ3n) is 2.09. The van der Waals surface area contributed by atoms with Gasteiger partial charge in [-0.2, -0.15) is 0 Å². The van der Waals surface area contributed by atoms with Crippen molar-refractivity contribution < 1.29 is 13.2 Å². The van der Waals surface area contributed by atoms with Crippen molar-refractivity contribution >= 4 is 37.5 Å². The number of amides is 1. The van der Waals surface area contributed by atoms with E-state index < -0.39 is 10.0 Å². The van der Waals surface area contributed by atoms with Crippen LogP contribution in [0.1, 0.15) is 5.56 Å². The molecular weight excluding hydrogens is 284 g/mol. The number of benzene rings is 1.